The smallest absolute Gasteiger partial charge is 0.349 e. The number of rotatable bonds is 5. The molecule has 0 atom stereocenters. The number of carbonyl (C=O) groups is 1. The molecule has 0 heterocycles. The minimum atomic E-state index is -0.437. The van der Waals surface area contributed by atoms with Crippen molar-refractivity contribution in [3.8, 4) is 22.6 Å². The third-order valence-electron chi connectivity index (χ3n) is 3.68. The number of benzene rings is 3. The first-order valence-corrected chi connectivity index (χ1v) is 8.66. The lowest BCUT2D eigenvalue weighted by molar-refractivity contribution is -0.136. The van der Waals surface area contributed by atoms with Gasteiger partial charge in [0, 0.05) is 4.47 Å². The monoisotopic (exact) mass is 396 g/mol. The van der Waals surface area contributed by atoms with Gasteiger partial charge in [0.1, 0.15) is 11.5 Å². The fourth-order valence-electron chi connectivity index (χ4n) is 2.36. The molecule has 0 amide bonds. The van der Waals surface area contributed by atoms with Gasteiger partial charge in [0.25, 0.3) is 0 Å². The van der Waals surface area contributed by atoms with Crippen molar-refractivity contribution < 1.29 is 14.3 Å². The molecule has 0 saturated heterocycles. The summed E-state index contributed by atoms with van der Waals surface area (Å²) in [5.74, 6) is 0.699. The van der Waals surface area contributed by atoms with Crippen LogP contribution in [0.5, 0.6) is 11.5 Å². The number of halogens is 1. The highest BCUT2D eigenvalue weighted by molar-refractivity contribution is 9.10. The third kappa shape index (κ3) is 4.70. The van der Waals surface area contributed by atoms with Gasteiger partial charge in [0.05, 0.1) is 0 Å². The Bertz CT molecular complexity index is 858. The van der Waals surface area contributed by atoms with Crippen molar-refractivity contribution in [2.24, 2.45) is 0 Å². The zero-order valence-electron chi connectivity index (χ0n) is 13.7. The van der Waals surface area contributed by atoms with Crippen LogP contribution < -0.4 is 9.47 Å². The van der Waals surface area contributed by atoms with E-state index in [0.717, 1.165) is 21.2 Å². The van der Waals surface area contributed by atoms with Crippen LogP contribution >= 0.6 is 15.9 Å². The van der Waals surface area contributed by atoms with Crippen LogP contribution in [-0.2, 0) is 4.79 Å². The second kappa shape index (κ2) is 7.99. The lowest BCUT2D eigenvalue weighted by atomic mass is 10.1. The Labute approximate surface area is 155 Å². The molecule has 3 aromatic rings. The highest BCUT2D eigenvalue weighted by Gasteiger charge is 2.07. The molecule has 4 heteroatoms. The Morgan fingerprint density at radius 2 is 1.52 bits per heavy atom. The highest BCUT2D eigenvalue weighted by Crippen LogP contribution is 2.23. The fourth-order valence-corrected chi connectivity index (χ4v) is 2.60. The first-order chi connectivity index (χ1) is 12.1. The standard InChI is InChI=1S/C21H17BrO3/c1-15-13-19(11-12-20(15)22)24-14-21(23)25-18-9-7-17(8-10-18)16-5-3-2-4-6-16/h2-13H,14H2,1H3. The molecule has 3 rings (SSSR count). The zero-order valence-corrected chi connectivity index (χ0v) is 15.3. The van der Waals surface area contributed by atoms with Gasteiger partial charge in [-0.05, 0) is 53.9 Å². The van der Waals surface area contributed by atoms with Crippen molar-refractivity contribution in [3.05, 3.63) is 82.8 Å². The summed E-state index contributed by atoms with van der Waals surface area (Å²) in [6, 6.07) is 23.0. The third-order valence-corrected chi connectivity index (χ3v) is 4.57. The van der Waals surface area contributed by atoms with E-state index in [0.29, 0.717) is 11.5 Å². The molecule has 0 aliphatic heterocycles. The molecule has 0 aliphatic rings. The summed E-state index contributed by atoms with van der Waals surface area (Å²) < 4.78 is 11.8. The van der Waals surface area contributed by atoms with Gasteiger partial charge in [0.15, 0.2) is 6.61 Å². The first-order valence-electron chi connectivity index (χ1n) is 7.87. The van der Waals surface area contributed by atoms with Crippen LogP contribution in [0.1, 0.15) is 5.56 Å². The van der Waals surface area contributed by atoms with Gasteiger partial charge in [-0.25, -0.2) is 4.79 Å². The van der Waals surface area contributed by atoms with E-state index in [9.17, 15) is 4.79 Å². The maximum Gasteiger partial charge on any atom is 0.349 e. The van der Waals surface area contributed by atoms with Crippen molar-refractivity contribution >= 4 is 21.9 Å². The normalized spacial score (nSPS) is 10.3. The van der Waals surface area contributed by atoms with Crippen LogP contribution in [0.3, 0.4) is 0 Å². The molecular formula is C21H17BrO3. The number of ether oxygens (including phenoxy) is 2. The van der Waals surface area contributed by atoms with Gasteiger partial charge >= 0.3 is 5.97 Å². The van der Waals surface area contributed by atoms with Gasteiger partial charge in [0.2, 0.25) is 0 Å². The predicted molar refractivity (Wildman–Crippen MR) is 102 cm³/mol. The van der Waals surface area contributed by atoms with E-state index >= 15 is 0 Å². The molecule has 0 aromatic heterocycles. The molecule has 126 valence electrons. The van der Waals surface area contributed by atoms with E-state index in [1.165, 1.54) is 0 Å². The van der Waals surface area contributed by atoms with Crippen molar-refractivity contribution in [2.45, 2.75) is 6.92 Å². The van der Waals surface area contributed by atoms with Gasteiger partial charge < -0.3 is 9.47 Å². The molecule has 0 fully saturated rings. The second-order valence-corrected chi connectivity index (χ2v) is 6.42. The van der Waals surface area contributed by atoms with E-state index in [4.69, 9.17) is 9.47 Å². The Morgan fingerprint density at radius 1 is 0.880 bits per heavy atom. The van der Waals surface area contributed by atoms with E-state index in [2.05, 4.69) is 15.9 Å². The molecule has 0 N–H and O–H groups in total. The summed E-state index contributed by atoms with van der Waals surface area (Å²) >= 11 is 3.43. The number of aryl methyl sites for hydroxylation is 1. The second-order valence-electron chi connectivity index (χ2n) is 5.56. The maximum atomic E-state index is 11.9. The summed E-state index contributed by atoms with van der Waals surface area (Å²) in [5.41, 5.74) is 3.23. The van der Waals surface area contributed by atoms with Crippen LogP contribution in [0.4, 0.5) is 0 Å². The Kier molecular flexibility index (Phi) is 5.51. The van der Waals surface area contributed by atoms with Crippen molar-refractivity contribution in [1.82, 2.24) is 0 Å². The van der Waals surface area contributed by atoms with Crippen LogP contribution in [0.2, 0.25) is 0 Å². The van der Waals surface area contributed by atoms with Gasteiger partial charge in [-0.2, -0.15) is 0 Å². The highest BCUT2D eigenvalue weighted by atomic mass is 79.9. The van der Waals surface area contributed by atoms with Crippen LogP contribution in [0.15, 0.2) is 77.3 Å². The number of esters is 1. The van der Waals surface area contributed by atoms with E-state index in [-0.39, 0.29) is 6.61 Å². The lowest BCUT2D eigenvalue weighted by Crippen LogP contribution is -2.17. The Balaban J connectivity index is 1.56. The summed E-state index contributed by atoms with van der Waals surface area (Å²) in [6.07, 6.45) is 0. The molecule has 0 aliphatic carbocycles. The average Bonchev–Trinajstić information content (AvgIpc) is 2.64. The topological polar surface area (TPSA) is 35.5 Å². The molecule has 0 radical (unpaired) electrons. The van der Waals surface area contributed by atoms with E-state index in [1.807, 2.05) is 61.5 Å². The molecule has 0 saturated carbocycles. The van der Waals surface area contributed by atoms with Gasteiger partial charge in [-0.1, -0.05) is 58.4 Å². The quantitative estimate of drug-likeness (QED) is 0.427. The van der Waals surface area contributed by atoms with Crippen LogP contribution in [-0.4, -0.2) is 12.6 Å². The molecular weight excluding hydrogens is 380 g/mol. The summed E-state index contributed by atoms with van der Waals surface area (Å²) in [7, 11) is 0. The fraction of sp³-hybridized carbons (Fsp3) is 0.0952. The predicted octanol–water partition coefficient (Wildman–Crippen LogP) is 5.41. The Morgan fingerprint density at radius 3 is 2.20 bits per heavy atom. The van der Waals surface area contributed by atoms with Crippen molar-refractivity contribution in [2.75, 3.05) is 6.61 Å². The number of hydrogen-bond acceptors (Lipinski definition) is 3. The van der Waals surface area contributed by atoms with Gasteiger partial charge in [-0.3, -0.25) is 0 Å². The lowest BCUT2D eigenvalue weighted by Gasteiger charge is -2.08. The molecule has 3 aromatic carbocycles. The van der Waals surface area contributed by atoms with Crippen LogP contribution in [0, 0.1) is 6.92 Å². The molecule has 0 unspecified atom stereocenters. The minimum absolute atomic E-state index is 0.137. The average molecular weight is 397 g/mol. The zero-order chi connectivity index (χ0) is 17.6. The Hall–Kier alpha value is -2.59. The SMILES string of the molecule is Cc1cc(OCC(=O)Oc2ccc(-c3ccccc3)cc2)ccc1Br. The number of carbonyl (C=O) groups excluding carboxylic acids is 1. The maximum absolute atomic E-state index is 11.9. The molecule has 0 bridgehead atoms. The summed E-state index contributed by atoms with van der Waals surface area (Å²) in [5, 5.41) is 0. The van der Waals surface area contributed by atoms with E-state index in [1.54, 1.807) is 18.2 Å². The summed E-state index contributed by atoms with van der Waals surface area (Å²) in [6.45, 7) is 1.82. The molecule has 25 heavy (non-hydrogen) atoms. The van der Waals surface area contributed by atoms with E-state index < -0.39 is 5.97 Å². The van der Waals surface area contributed by atoms with Crippen molar-refractivity contribution in [3.63, 3.8) is 0 Å². The first kappa shape index (κ1) is 17.2. The van der Waals surface area contributed by atoms with Crippen LogP contribution in [0.25, 0.3) is 11.1 Å². The molecule has 3 nitrogen and oxygen atoms in total. The van der Waals surface area contributed by atoms with Crippen molar-refractivity contribution in [1.29, 1.82) is 0 Å². The minimum Gasteiger partial charge on any atom is -0.482 e. The summed E-state index contributed by atoms with van der Waals surface area (Å²) in [4.78, 5) is 11.9. The molecule has 0 spiro atoms. The van der Waals surface area contributed by atoms with Gasteiger partial charge in [-0.15, -0.1) is 0 Å². The largest absolute Gasteiger partial charge is 0.482 e. The number of hydrogen-bond donors (Lipinski definition) is 0.